The van der Waals surface area contributed by atoms with Crippen molar-refractivity contribution in [2.75, 3.05) is 40.4 Å². The number of benzene rings is 2. The molecule has 0 spiro atoms. The van der Waals surface area contributed by atoms with Gasteiger partial charge < -0.3 is 45.2 Å². The maximum absolute atomic E-state index is 12.3. The van der Waals surface area contributed by atoms with Gasteiger partial charge in [-0.05, 0) is 36.4 Å². The molecule has 0 fully saturated rings. The molecule has 0 aliphatic rings. The Morgan fingerprint density at radius 1 is 0.763 bits per heavy atom. The average Bonchev–Trinajstić information content (AvgIpc) is 2.83. The van der Waals surface area contributed by atoms with Gasteiger partial charge in [-0.15, -0.1) is 0 Å². The van der Waals surface area contributed by atoms with Crippen LogP contribution >= 0.6 is 0 Å². The maximum atomic E-state index is 12.3. The van der Waals surface area contributed by atoms with E-state index >= 15 is 0 Å². The van der Waals surface area contributed by atoms with E-state index in [1.165, 1.54) is 50.6 Å². The van der Waals surface area contributed by atoms with E-state index in [1.807, 2.05) is 0 Å². The molecule has 0 aliphatic carbocycles. The number of phenolic OH excluding ortho intramolecular Hbond substituents is 2. The minimum Gasteiger partial charge on any atom is -0.508 e. The Kier molecular flexibility index (Phi) is 10.7. The van der Waals surface area contributed by atoms with Gasteiger partial charge in [-0.1, -0.05) is 0 Å². The van der Waals surface area contributed by atoms with Crippen LogP contribution in [0.3, 0.4) is 0 Å². The Balaban J connectivity index is 2.51. The van der Waals surface area contributed by atoms with E-state index in [4.69, 9.17) is 9.47 Å². The van der Waals surface area contributed by atoms with E-state index in [9.17, 15) is 50.1 Å². The normalized spacial score (nSPS) is 12.9. The molecular formula is C24H30N2O12. The molecule has 0 amide bonds. The number of aromatic hydroxyl groups is 2. The highest BCUT2D eigenvalue weighted by Gasteiger charge is 2.35. The van der Waals surface area contributed by atoms with Gasteiger partial charge in [0.2, 0.25) is 0 Å². The second-order valence-electron chi connectivity index (χ2n) is 8.17. The van der Waals surface area contributed by atoms with Crippen molar-refractivity contribution in [2.45, 2.75) is 18.4 Å². The second kappa shape index (κ2) is 13.4. The van der Waals surface area contributed by atoms with Crippen LogP contribution in [0.25, 0.3) is 0 Å². The molecule has 38 heavy (non-hydrogen) atoms. The van der Waals surface area contributed by atoms with E-state index in [1.54, 1.807) is 0 Å². The number of carboxylic acids is 3. The minimum atomic E-state index is -2.03. The third-order valence-corrected chi connectivity index (χ3v) is 5.67. The van der Waals surface area contributed by atoms with Crippen LogP contribution in [0, 0.1) is 0 Å². The van der Waals surface area contributed by atoms with Crippen LogP contribution in [-0.4, -0.2) is 110 Å². The van der Waals surface area contributed by atoms with E-state index in [-0.39, 0.29) is 22.6 Å². The maximum Gasteiger partial charge on any atom is 0.325 e. The van der Waals surface area contributed by atoms with Gasteiger partial charge in [0.05, 0.1) is 27.3 Å². The molecule has 2 unspecified atom stereocenters. The topological polar surface area (TPSA) is 218 Å². The van der Waals surface area contributed by atoms with Gasteiger partial charge in [0.15, 0.2) is 6.29 Å². The fourth-order valence-electron chi connectivity index (χ4n) is 3.99. The predicted molar refractivity (Wildman–Crippen MR) is 129 cm³/mol. The standard InChI is InChI=1S/C24H30N2O12/c1-37-13-3-5-17(27)15(9-13)21(23(33)34)25(11-19(29)30)7-8-26(12-20(31)32)22(24(35)36)16-10-14(38-2)4-6-18(16)28/h3-6,9-10,19,21-22,27-30H,7-8,11-12H2,1-2H3,(H,31,32)(H,33,34)(H,35,36). The van der Waals surface area contributed by atoms with Gasteiger partial charge in [-0.2, -0.15) is 0 Å². The lowest BCUT2D eigenvalue weighted by atomic mass is 10.0. The zero-order valence-corrected chi connectivity index (χ0v) is 20.6. The summed E-state index contributed by atoms with van der Waals surface area (Å²) in [6, 6.07) is 4.25. The van der Waals surface area contributed by atoms with E-state index < -0.39 is 74.0 Å². The summed E-state index contributed by atoms with van der Waals surface area (Å²) < 4.78 is 10.2. The highest BCUT2D eigenvalue weighted by molar-refractivity contribution is 5.79. The molecule has 0 heterocycles. The summed E-state index contributed by atoms with van der Waals surface area (Å²) in [5, 5.41) is 69.3. The monoisotopic (exact) mass is 538 g/mol. The van der Waals surface area contributed by atoms with Gasteiger partial charge in [-0.3, -0.25) is 24.2 Å². The SMILES string of the molecule is COc1ccc(O)c(C(C(=O)O)N(CCN(CC(O)O)C(C(=O)O)c2cc(OC)ccc2O)CC(=O)O)c1. The molecule has 208 valence electrons. The number of carboxylic acid groups (broad SMARTS) is 3. The van der Waals surface area contributed by atoms with Gasteiger partial charge in [0.1, 0.15) is 35.1 Å². The highest BCUT2D eigenvalue weighted by atomic mass is 16.5. The Bertz CT molecular complexity index is 1140. The van der Waals surface area contributed by atoms with Crippen LogP contribution in [0.2, 0.25) is 0 Å². The Morgan fingerprint density at radius 2 is 1.18 bits per heavy atom. The summed E-state index contributed by atoms with van der Waals surface area (Å²) in [4.78, 5) is 38.1. The molecule has 7 N–H and O–H groups in total. The van der Waals surface area contributed by atoms with Crippen LogP contribution < -0.4 is 9.47 Å². The number of phenols is 2. The van der Waals surface area contributed by atoms with Gasteiger partial charge in [0.25, 0.3) is 0 Å². The molecule has 0 saturated heterocycles. The molecule has 14 nitrogen and oxygen atoms in total. The fourth-order valence-corrected chi connectivity index (χ4v) is 3.99. The number of carbonyl (C=O) groups is 3. The molecule has 2 aromatic carbocycles. The van der Waals surface area contributed by atoms with Crippen molar-refractivity contribution < 1.29 is 59.6 Å². The first-order chi connectivity index (χ1) is 17.9. The Labute approximate surface area is 217 Å². The molecule has 0 bridgehead atoms. The summed E-state index contributed by atoms with van der Waals surface area (Å²) >= 11 is 0. The number of hydrogen-bond donors (Lipinski definition) is 7. The molecule has 0 saturated carbocycles. The van der Waals surface area contributed by atoms with E-state index in [0.29, 0.717) is 0 Å². The van der Waals surface area contributed by atoms with Crippen molar-refractivity contribution in [1.29, 1.82) is 0 Å². The van der Waals surface area contributed by atoms with Crippen molar-refractivity contribution >= 4 is 17.9 Å². The van der Waals surface area contributed by atoms with Crippen LogP contribution in [0.5, 0.6) is 23.0 Å². The summed E-state index contributed by atoms with van der Waals surface area (Å²) in [6.07, 6.45) is -2.03. The lowest BCUT2D eigenvalue weighted by molar-refractivity contribution is -0.150. The number of ether oxygens (including phenoxy) is 2. The number of aliphatic hydroxyl groups is 2. The quantitative estimate of drug-likeness (QED) is 0.149. The number of rotatable bonds is 15. The number of hydrogen-bond acceptors (Lipinski definition) is 11. The number of aliphatic hydroxyl groups excluding tert-OH is 1. The molecule has 0 aromatic heterocycles. The molecule has 0 aliphatic heterocycles. The summed E-state index contributed by atoms with van der Waals surface area (Å²) in [6.45, 7) is -2.30. The smallest absolute Gasteiger partial charge is 0.325 e. The van der Waals surface area contributed by atoms with E-state index in [0.717, 1.165) is 9.80 Å². The van der Waals surface area contributed by atoms with Crippen molar-refractivity contribution in [3.8, 4) is 23.0 Å². The summed E-state index contributed by atoms with van der Waals surface area (Å²) in [5.41, 5.74) is -0.324. The first-order valence-electron chi connectivity index (χ1n) is 11.1. The third-order valence-electron chi connectivity index (χ3n) is 5.67. The fraction of sp³-hybridized carbons (Fsp3) is 0.375. The summed E-state index contributed by atoms with van der Waals surface area (Å²) in [7, 11) is 2.64. The molecular weight excluding hydrogens is 508 g/mol. The van der Waals surface area contributed by atoms with Gasteiger partial charge >= 0.3 is 17.9 Å². The number of methoxy groups -OCH3 is 2. The van der Waals surface area contributed by atoms with Crippen molar-refractivity contribution in [2.24, 2.45) is 0 Å². The van der Waals surface area contributed by atoms with Crippen LogP contribution in [-0.2, 0) is 14.4 Å². The number of aliphatic carboxylic acids is 3. The zero-order valence-electron chi connectivity index (χ0n) is 20.6. The summed E-state index contributed by atoms with van der Waals surface area (Å²) in [5.74, 6) is -4.87. The van der Waals surface area contributed by atoms with Gasteiger partial charge in [-0.25, -0.2) is 0 Å². The van der Waals surface area contributed by atoms with Crippen LogP contribution in [0.4, 0.5) is 0 Å². The number of nitrogens with zero attached hydrogens (tertiary/aromatic N) is 2. The van der Waals surface area contributed by atoms with Crippen molar-refractivity contribution in [3.63, 3.8) is 0 Å². The molecule has 2 aromatic rings. The average molecular weight is 539 g/mol. The molecule has 0 radical (unpaired) electrons. The van der Waals surface area contributed by atoms with Crippen molar-refractivity contribution in [1.82, 2.24) is 9.80 Å². The molecule has 14 heteroatoms. The van der Waals surface area contributed by atoms with Gasteiger partial charge in [0, 0.05) is 24.2 Å². The zero-order chi connectivity index (χ0) is 28.6. The molecule has 2 atom stereocenters. The Hall–Kier alpha value is -4.11. The molecule has 2 rings (SSSR count). The lowest BCUT2D eigenvalue weighted by Crippen LogP contribution is -2.46. The van der Waals surface area contributed by atoms with Crippen LogP contribution in [0.15, 0.2) is 36.4 Å². The van der Waals surface area contributed by atoms with E-state index in [2.05, 4.69) is 0 Å². The predicted octanol–water partition coefficient (Wildman–Crippen LogP) is 0.0659. The first-order valence-corrected chi connectivity index (χ1v) is 11.1. The largest absolute Gasteiger partial charge is 0.508 e. The highest BCUT2D eigenvalue weighted by Crippen LogP contribution is 2.34. The Morgan fingerprint density at radius 3 is 1.55 bits per heavy atom. The minimum absolute atomic E-state index is 0.150. The van der Waals surface area contributed by atoms with Crippen LogP contribution in [0.1, 0.15) is 23.2 Å². The van der Waals surface area contributed by atoms with Crippen molar-refractivity contribution in [3.05, 3.63) is 47.5 Å². The lowest BCUT2D eigenvalue weighted by Gasteiger charge is -2.34. The third kappa shape index (κ3) is 7.69. The second-order valence-corrected chi connectivity index (χ2v) is 8.17. The first kappa shape index (κ1) is 30.1.